The van der Waals surface area contributed by atoms with Crippen LogP contribution >= 0.6 is 0 Å². The van der Waals surface area contributed by atoms with Crippen LogP contribution in [-0.4, -0.2) is 67.4 Å². The van der Waals surface area contributed by atoms with Crippen molar-refractivity contribution in [1.29, 1.82) is 0 Å². The smallest absolute Gasteiger partial charge is 0.325 e. The molecular weight excluding hydrogens is 420 g/mol. The second-order valence-electron chi connectivity index (χ2n) is 10.9. The van der Waals surface area contributed by atoms with E-state index in [4.69, 9.17) is 0 Å². The van der Waals surface area contributed by atoms with Crippen LogP contribution < -0.4 is 5.32 Å². The zero-order valence-corrected chi connectivity index (χ0v) is 19.6. The van der Waals surface area contributed by atoms with Gasteiger partial charge < -0.3 is 10.2 Å². The van der Waals surface area contributed by atoms with Gasteiger partial charge in [-0.3, -0.25) is 18.9 Å². The van der Waals surface area contributed by atoms with Crippen LogP contribution in [-0.2, 0) is 9.59 Å². The van der Waals surface area contributed by atoms with Crippen LogP contribution in [0.3, 0.4) is 0 Å². The highest BCUT2D eigenvalue weighted by Crippen LogP contribution is 2.46. The SMILES string of the molecule is CC1CC(C)(C)CC2(C1)NC(=O)N(CC(=O)N1CCC(c3nnc4ccccn34)CC1)C2=O. The third-order valence-corrected chi connectivity index (χ3v) is 7.47. The van der Waals surface area contributed by atoms with Gasteiger partial charge in [-0.2, -0.15) is 0 Å². The van der Waals surface area contributed by atoms with Crippen molar-refractivity contribution in [3.05, 3.63) is 30.2 Å². The number of hydrogen-bond donors (Lipinski definition) is 1. The molecule has 2 atom stereocenters. The number of carbonyl (C=O) groups excluding carboxylic acids is 3. The molecule has 2 aromatic heterocycles. The van der Waals surface area contributed by atoms with Gasteiger partial charge in [0.25, 0.3) is 5.91 Å². The molecule has 2 unspecified atom stereocenters. The Hall–Kier alpha value is -2.97. The monoisotopic (exact) mass is 452 g/mol. The lowest BCUT2D eigenvalue weighted by Crippen LogP contribution is -2.54. The lowest BCUT2D eigenvalue weighted by Gasteiger charge is -2.43. The number of fused-ring (bicyclic) bond motifs is 1. The Labute approximate surface area is 193 Å². The maximum Gasteiger partial charge on any atom is 0.325 e. The van der Waals surface area contributed by atoms with Crippen molar-refractivity contribution in [3.8, 4) is 0 Å². The van der Waals surface area contributed by atoms with Gasteiger partial charge in [-0.25, -0.2) is 4.79 Å². The maximum absolute atomic E-state index is 13.3. The minimum Gasteiger partial charge on any atom is -0.341 e. The van der Waals surface area contributed by atoms with Crippen molar-refractivity contribution in [3.63, 3.8) is 0 Å². The van der Waals surface area contributed by atoms with E-state index in [-0.39, 0.29) is 29.7 Å². The summed E-state index contributed by atoms with van der Waals surface area (Å²) in [7, 11) is 0. The third-order valence-electron chi connectivity index (χ3n) is 7.47. The molecule has 3 fully saturated rings. The predicted octanol–water partition coefficient (Wildman–Crippen LogP) is 2.57. The first kappa shape index (κ1) is 21.9. The van der Waals surface area contributed by atoms with E-state index >= 15 is 0 Å². The largest absolute Gasteiger partial charge is 0.341 e. The topological polar surface area (TPSA) is 99.9 Å². The van der Waals surface area contributed by atoms with Crippen LogP contribution in [0, 0.1) is 11.3 Å². The van der Waals surface area contributed by atoms with Gasteiger partial charge in [0, 0.05) is 25.2 Å². The predicted molar refractivity (Wildman–Crippen MR) is 121 cm³/mol. The van der Waals surface area contributed by atoms with Gasteiger partial charge in [-0.15, -0.1) is 10.2 Å². The first-order valence-corrected chi connectivity index (χ1v) is 11.9. The van der Waals surface area contributed by atoms with Crippen molar-refractivity contribution in [2.75, 3.05) is 19.6 Å². The number of piperidine rings is 1. The summed E-state index contributed by atoms with van der Waals surface area (Å²) < 4.78 is 2.00. The first-order chi connectivity index (χ1) is 15.7. The van der Waals surface area contributed by atoms with Crippen molar-refractivity contribution >= 4 is 23.5 Å². The molecule has 2 saturated heterocycles. The molecule has 1 saturated carbocycles. The molecule has 2 aliphatic heterocycles. The fourth-order valence-electron chi connectivity index (χ4n) is 6.41. The van der Waals surface area contributed by atoms with Crippen LogP contribution in [0.2, 0.25) is 0 Å². The first-order valence-electron chi connectivity index (χ1n) is 11.9. The van der Waals surface area contributed by atoms with E-state index in [0.29, 0.717) is 31.8 Å². The van der Waals surface area contributed by atoms with Gasteiger partial charge in [0.05, 0.1) is 0 Å². The van der Waals surface area contributed by atoms with E-state index in [9.17, 15) is 14.4 Å². The van der Waals surface area contributed by atoms with Crippen LogP contribution in [0.25, 0.3) is 5.65 Å². The quantitative estimate of drug-likeness (QED) is 0.722. The van der Waals surface area contributed by atoms with Gasteiger partial charge in [0.15, 0.2) is 5.65 Å². The molecule has 2 aromatic rings. The molecule has 1 aliphatic carbocycles. The van der Waals surface area contributed by atoms with E-state index in [1.54, 1.807) is 4.90 Å². The molecule has 176 valence electrons. The van der Waals surface area contributed by atoms with Crippen LogP contribution in [0.15, 0.2) is 24.4 Å². The average molecular weight is 453 g/mol. The molecule has 5 rings (SSSR count). The van der Waals surface area contributed by atoms with Gasteiger partial charge in [0.2, 0.25) is 5.91 Å². The summed E-state index contributed by atoms with van der Waals surface area (Å²) in [5.74, 6) is 1.05. The van der Waals surface area contributed by atoms with E-state index in [0.717, 1.165) is 35.6 Å². The Morgan fingerprint density at radius 1 is 1.15 bits per heavy atom. The zero-order chi connectivity index (χ0) is 23.4. The van der Waals surface area contributed by atoms with Gasteiger partial charge in [0.1, 0.15) is 17.9 Å². The molecule has 9 heteroatoms. The minimum atomic E-state index is -0.875. The zero-order valence-electron chi connectivity index (χ0n) is 19.6. The Kier molecular flexibility index (Phi) is 5.17. The number of carbonyl (C=O) groups is 3. The highest BCUT2D eigenvalue weighted by molar-refractivity contribution is 6.09. The molecular formula is C24H32N6O3. The molecule has 0 bridgehead atoms. The van der Waals surface area contributed by atoms with Crippen LogP contribution in [0.5, 0.6) is 0 Å². The van der Waals surface area contributed by atoms with Crippen molar-refractivity contribution in [2.45, 2.75) is 64.3 Å². The van der Waals surface area contributed by atoms with E-state index < -0.39 is 11.6 Å². The highest BCUT2D eigenvalue weighted by Gasteiger charge is 2.56. The summed E-state index contributed by atoms with van der Waals surface area (Å²) in [5.41, 5.74) is -0.0899. The summed E-state index contributed by atoms with van der Waals surface area (Å²) in [6.07, 6.45) is 5.77. The number of likely N-dealkylation sites (tertiary alicyclic amines) is 1. The molecule has 4 amide bonds. The minimum absolute atomic E-state index is 0.0334. The second-order valence-corrected chi connectivity index (χ2v) is 10.9. The summed E-state index contributed by atoms with van der Waals surface area (Å²) in [6.45, 7) is 7.35. The maximum atomic E-state index is 13.3. The molecule has 9 nitrogen and oxygen atoms in total. The standard InChI is InChI=1S/C24H32N6O3/c1-16-12-23(2,3)15-24(13-16)21(32)30(22(33)25-24)14-19(31)28-10-7-17(8-11-28)20-27-26-18-6-4-5-9-29(18)20/h4-6,9,16-17H,7-8,10-15H2,1-3H3,(H,25,33). The van der Waals surface area contributed by atoms with Crippen molar-refractivity contribution in [2.24, 2.45) is 11.3 Å². The molecule has 0 radical (unpaired) electrons. The molecule has 3 aliphatic rings. The second kappa shape index (κ2) is 7.81. The number of hydrogen-bond acceptors (Lipinski definition) is 5. The lowest BCUT2D eigenvalue weighted by atomic mass is 9.64. The fraction of sp³-hybridized carbons (Fsp3) is 0.625. The van der Waals surface area contributed by atoms with E-state index in [1.165, 1.54) is 0 Å². The summed E-state index contributed by atoms with van der Waals surface area (Å²) in [4.78, 5) is 42.0. The Balaban J connectivity index is 1.22. The molecule has 4 heterocycles. The van der Waals surface area contributed by atoms with E-state index in [2.05, 4.69) is 36.3 Å². The molecule has 33 heavy (non-hydrogen) atoms. The fourth-order valence-corrected chi connectivity index (χ4v) is 6.41. The average Bonchev–Trinajstić information content (AvgIpc) is 3.27. The van der Waals surface area contributed by atoms with Crippen molar-refractivity contribution < 1.29 is 14.4 Å². The molecule has 0 aromatic carbocycles. The summed E-state index contributed by atoms with van der Waals surface area (Å²) in [6, 6.07) is 5.37. The number of rotatable bonds is 3. The Morgan fingerprint density at radius 2 is 1.91 bits per heavy atom. The summed E-state index contributed by atoms with van der Waals surface area (Å²) >= 11 is 0. The third kappa shape index (κ3) is 3.87. The number of amides is 4. The van der Waals surface area contributed by atoms with E-state index in [1.807, 2.05) is 28.8 Å². The van der Waals surface area contributed by atoms with Gasteiger partial charge in [-0.05, 0) is 55.6 Å². The molecule has 1 spiro atoms. The number of nitrogens with one attached hydrogen (secondary N) is 1. The lowest BCUT2D eigenvalue weighted by molar-refractivity contribution is -0.141. The van der Waals surface area contributed by atoms with Crippen LogP contribution in [0.1, 0.15) is 64.6 Å². The summed E-state index contributed by atoms with van der Waals surface area (Å²) in [5, 5.41) is 11.6. The number of aromatic nitrogens is 3. The number of imide groups is 1. The van der Waals surface area contributed by atoms with Gasteiger partial charge in [-0.1, -0.05) is 26.8 Å². The van der Waals surface area contributed by atoms with Crippen LogP contribution in [0.4, 0.5) is 4.79 Å². The Bertz CT molecular complexity index is 1100. The number of nitrogens with zero attached hydrogens (tertiary/aromatic N) is 5. The number of pyridine rings is 1. The number of urea groups is 1. The van der Waals surface area contributed by atoms with Crippen molar-refractivity contribution in [1.82, 2.24) is 29.7 Å². The normalized spacial score (nSPS) is 28.0. The molecule has 1 N–H and O–H groups in total. The highest BCUT2D eigenvalue weighted by atomic mass is 16.2. The Morgan fingerprint density at radius 3 is 2.64 bits per heavy atom. The van der Waals surface area contributed by atoms with Gasteiger partial charge >= 0.3 is 6.03 Å².